The predicted molar refractivity (Wildman–Crippen MR) is 61.2 cm³/mol. The van der Waals surface area contributed by atoms with Crippen LogP contribution in [0.5, 0.6) is 0 Å². The molecule has 2 rings (SSSR count). The maximum atomic E-state index is 13.3. The molecule has 3 heteroatoms. The van der Waals surface area contributed by atoms with Gasteiger partial charge in [0.25, 0.3) is 0 Å². The van der Waals surface area contributed by atoms with Gasteiger partial charge in [-0.05, 0) is 18.2 Å². The Bertz CT molecular complexity index is 443. The van der Waals surface area contributed by atoms with Crippen molar-refractivity contribution in [3.63, 3.8) is 0 Å². The fourth-order valence-electron chi connectivity index (χ4n) is 1.47. The highest BCUT2D eigenvalue weighted by Gasteiger charge is 1.99. The van der Waals surface area contributed by atoms with Gasteiger partial charge >= 0.3 is 0 Å². The van der Waals surface area contributed by atoms with E-state index in [1.165, 1.54) is 6.07 Å². The lowest BCUT2D eigenvalue weighted by molar-refractivity contribution is 0.586. The molecule has 0 bridgehead atoms. The van der Waals surface area contributed by atoms with E-state index in [9.17, 15) is 4.39 Å². The lowest BCUT2D eigenvalue weighted by Crippen LogP contribution is -2.14. The van der Waals surface area contributed by atoms with Crippen molar-refractivity contribution in [2.45, 2.75) is 13.1 Å². The average Bonchev–Trinajstić information content (AvgIpc) is 2.33. The Morgan fingerprint density at radius 2 is 1.81 bits per heavy atom. The van der Waals surface area contributed by atoms with Crippen LogP contribution in [0.25, 0.3) is 0 Å². The van der Waals surface area contributed by atoms with Gasteiger partial charge in [-0.15, -0.1) is 0 Å². The van der Waals surface area contributed by atoms with Gasteiger partial charge in [-0.3, -0.25) is 4.98 Å². The van der Waals surface area contributed by atoms with Crippen LogP contribution in [0.3, 0.4) is 0 Å². The van der Waals surface area contributed by atoms with Crippen LogP contribution in [0, 0.1) is 5.82 Å². The first-order valence-electron chi connectivity index (χ1n) is 5.20. The standard InChI is InChI=1S/C13H13FN2/c14-13-7-2-1-5-11(13)9-15-10-12-6-3-4-8-16-12/h1-8,15H,9-10H2. The summed E-state index contributed by atoms with van der Waals surface area (Å²) in [5, 5.41) is 3.16. The molecule has 0 radical (unpaired) electrons. The third kappa shape index (κ3) is 2.87. The van der Waals surface area contributed by atoms with Gasteiger partial charge in [0.15, 0.2) is 0 Å². The molecule has 1 N–H and O–H groups in total. The molecular weight excluding hydrogens is 203 g/mol. The van der Waals surface area contributed by atoms with Crippen molar-refractivity contribution in [2.75, 3.05) is 0 Å². The fourth-order valence-corrected chi connectivity index (χ4v) is 1.47. The second-order valence-corrected chi connectivity index (χ2v) is 3.52. The molecule has 1 aromatic carbocycles. The van der Waals surface area contributed by atoms with Crippen LogP contribution in [0.1, 0.15) is 11.3 Å². The zero-order valence-corrected chi connectivity index (χ0v) is 8.86. The first kappa shape index (κ1) is 10.8. The van der Waals surface area contributed by atoms with E-state index in [1.54, 1.807) is 18.3 Å². The summed E-state index contributed by atoms with van der Waals surface area (Å²) in [6.45, 7) is 1.17. The number of nitrogens with zero attached hydrogens (tertiary/aromatic N) is 1. The molecular formula is C13H13FN2. The van der Waals surface area contributed by atoms with Gasteiger partial charge in [0, 0.05) is 24.8 Å². The van der Waals surface area contributed by atoms with Crippen LogP contribution in [-0.2, 0) is 13.1 Å². The van der Waals surface area contributed by atoms with Crippen molar-refractivity contribution in [3.05, 3.63) is 65.7 Å². The van der Waals surface area contributed by atoms with Crippen molar-refractivity contribution in [1.82, 2.24) is 10.3 Å². The minimum atomic E-state index is -0.170. The van der Waals surface area contributed by atoms with Gasteiger partial charge in [0.05, 0.1) is 5.69 Å². The van der Waals surface area contributed by atoms with Crippen LogP contribution in [0.2, 0.25) is 0 Å². The van der Waals surface area contributed by atoms with Crippen molar-refractivity contribution in [2.24, 2.45) is 0 Å². The maximum absolute atomic E-state index is 13.3. The molecule has 0 aliphatic rings. The van der Waals surface area contributed by atoms with Gasteiger partial charge in [-0.1, -0.05) is 24.3 Å². The number of pyridine rings is 1. The second-order valence-electron chi connectivity index (χ2n) is 3.52. The molecule has 0 fully saturated rings. The number of halogens is 1. The minimum absolute atomic E-state index is 0.170. The fraction of sp³-hybridized carbons (Fsp3) is 0.154. The first-order valence-corrected chi connectivity index (χ1v) is 5.20. The van der Waals surface area contributed by atoms with E-state index in [0.717, 1.165) is 5.69 Å². The molecule has 0 atom stereocenters. The zero-order valence-electron chi connectivity index (χ0n) is 8.86. The van der Waals surface area contributed by atoms with Crippen LogP contribution in [0.15, 0.2) is 48.7 Å². The van der Waals surface area contributed by atoms with Gasteiger partial charge in [0.2, 0.25) is 0 Å². The largest absolute Gasteiger partial charge is 0.307 e. The molecule has 0 saturated carbocycles. The van der Waals surface area contributed by atoms with E-state index in [4.69, 9.17) is 0 Å². The molecule has 0 unspecified atom stereocenters. The van der Waals surface area contributed by atoms with Crippen molar-refractivity contribution in [3.8, 4) is 0 Å². The van der Waals surface area contributed by atoms with Crippen molar-refractivity contribution in [1.29, 1.82) is 0 Å². The Hall–Kier alpha value is -1.74. The third-order valence-electron chi connectivity index (χ3n) is 2.31. The summed E-state index contributed by atoms with van der Waals surface area (Å²) >= 11 is 0. The average molecular weight is 216 g/mol. The molecule has 1 heterocycles. The van der Waals surface area contributed by atoms with E-state index < -0.39 is 0 Å². The molecule has 1 aromatic heterocycles. The van der Waals surface area contributed by atoms with Crippen LogP contribution in [-0.4, -0.2) is 4.98 Å². The van der Waals surface area contributed by atoms with Gasteiger partial charge < -0.3 is 5.32 Å². The van der Waals surface area contributed by atoms with E-state index in [0.29, 0.717) is 18.7 Å². The molecule has 0 spiro atoms. The van der Waals surface area contributed by atoms with Crippen LogP contribution >= 0.6 is 0 Å². The zero-order chi connectivity index (χ0) is 11.2. The quantitative estimate of drug-likeness (QED) is 0.849. The highest BCUT2D eigenvalue weighted by Crippen LogP contribution is 2.05. The Morgan fingerprint density at radius 1 is 1.00 bits per heavy atom. The Balaban J connectivity index is 1.87. The van der Waals surface area contributed by atoms with E-state index in [-0.39, 0.29) is 5.82 Å². The number of rotatable bonds is 4. The Kier molecular flexibility index (Phi) is 3.62. The molecule has 0 saturated heterocycles. The number of hydrogen-bond acceptors (Lipinski definition) is 2. The molecule has 2 aromatic rings. The molecule has 2 nitrogen and oxygen atoms in total. The maximum Gasteiger partial charge on any atom is 0.127 e. The topological polar surface area (TPSA) is 24.9 Å². The normalized spacial score (nSPS) is 10.3. The van der Waals surface area contributed by atoms with Crippen molar-refractivity contribution >= 4 is 0 Å². The summed E-state index contributed by atoms with van der Waals surface area (Å²) in [6, 6.07) is 12.5. The summed E-state index contributed by atoms with van der Waals surface area (Å²) in [6.07, 6.45) is 1.75. The van der Waals surface area contributed by atoms with Gasteiger partial charge in [-0.2, -0.15) is 0 Å². The Labute approximate surface area is 94.2 Å². The molecule has 16 heavy (non-hydrogen) atoms. The van der Waals surface area contributed by atoms with Crippen molar-refractivity contribution < 1.29 is 4.39 Å². The predicted octanol–water partition coefficient (Wildman–Crippen LogP) is 2.51. The highest BCUT2D eigenvalue weighted by atomic mass is 19.1. The third-order valence-corrected chi connectivity index (χ3v) is 2.31. The molecule has 0 aliphatic carbocycles. The van der Waals surface area contributed by atoms with Crippen LogP contribution in [0.4, 0.5) is 4.39 Å². The number of aromatic nitrogens is 1. The number of nitrogens with one attached hydrogen (secondary N) is 1. The van der Waals surface area contributed by atoms with E-state index >= 15 is 0 Å². The molecule has 0 aliphatic heterocycles. The molecule has 0 amide bonds. The number of hydrogen-bond donors (Lipinski definition) is 1. The minimum Gasteiger partial charge on any atom is -0.307 e. The SMILES string of the molecule is Fc1ccccc1CNCc1ccccn1. The second kappa shape index (κ2) is 5.37. The highest BCUT2D eigenvalue weighted by molar-refractivity contribution is 5.17. The molecule has 82 valence electrons. The van der Waals surface area contributed by atoms with Gasteiger partial charge in [-0.25, -0.2) is 4.39 Å². The van der Waals surface area contributed by atoms with E-state index in [2.05, 4.69) is 10.3 Å². The number of benzene rings is 1. The summed E-state index contributed by atoms with van der Waals surface area (Å²) in [7, 11) is 0. The monoisotopic (exact) mass is 216 g/mol. The summed E-state index contributed by atoms with van der Waals surface area (Å²) < 4.78 is 13.3. The lowest BCUT2D eigenvalue weighted by atomic mass is 10.2. The Morgan fingerprint density at radius 3 is 2.56 bits per heavy atom. The lowest BCUT2D eigenvalue weighted by Gasteiger charge is -2.05. The summed E-state index contributed by atoms with van der Waals surface area (Å²) in [5.41, 5.74) is 1.64. The van der Waals surface area contributed by atoms with Gasteiger partial charge in [0.1, 0.15) is 5.82 Å². The van der Waals surface area contributed by atoms with E-state index in [1.807, 2.05) is 24.3 Å². The smallest absolute Gasteiger partial charge is 0.127 e. The van der Waals surface area contributed by atoms with Crippen LogP contribution < -0.4 is 5.32 Å². The summed E-state index contributed by atoms with van der Waals surface area (Å²) in [4.78, 5) is 4.18. The first-order chi connectivity index (χ1) is 7.86. The summed E-state index contributed by atoms with van der Waals surface area (Å²) in [5.74, 6) is -0.170.